The molecule has 1 atom stereocenters. The zero-order chi connectivity index (χ0) is 22.7. The van der Waals surface area contributed by atoms with Crippen molar-refractivity contribution in [2.75, 3.05) is 17.1 Å². The van der Waals surface area contributed by atoms with Crippen LogP contribution in [0.4, 0.5) is 5.69 Å². The fourth-order valence-electron chi connectivity index (χ4n) is 3.51. The van der Waals surface area contributed by atoms with Gasteiger partial charge in [0.25, 0.3) is 0 Å². The maximum atomic E-state index is 12.8. The highest BCUT2D eigenvalue weighted by Crippen LogP contribution is 2.26. The number of sulfonamides is 1. The monoisotopic (exact) mass is 430 g/mol. The van der Waals surface area contributed by atoms with Crippen LogP contribution in [0.5, 0.6) is 0 Å². The van der Waals surface area contributed by atoms with Crippen LogP contribution in [0.15, 0.2) is 42.5 Å². The molecule has 0 saturated heterocycles. The number of carbonyl (C=O) groups excluding carboxylic acids is 1. The lowest BCUT2D eigenvalue weighted by atomic mass is 9.87. The Kier molecular flexibility index (Phi) is 7.35. The summed E-state index contributed by atoms with van der Waals surface area (Å²) in [6.45, 7) is 12.1. The lowest BCUT2D eigenvalue weighted by Crippen LogP contribution is -2.41. The zero-order valence-corrected chi connectivity index (χ0v) is 19.9. The SMILES string of the molecule is CCC(NC(=O)CN(c1ccc(C(C)(C)C)cc1)S(C)(=O)=O)c1ccc(C)cc1C. The quantitative estimate of drug-likeness (QED) is 0.696. The topological polar surface area (TPSA) is 66.5 Å². The highest BCUT2D eigenvalue weighted by molar-refractivity contribution is 7.92. The van der Waals surface area contributed by atoms with E-state index in [9.17, 15) is 13.2 Å². The van der Waals surface area contributed by atoms with Gasteiger partial charge in [-0.2, -0.15) is 0 Å². The predicted octanol–water partition coefficient (Wildman–Crippen LogP) is 4.63. The maximum absolute atomic E-state index is 12.8. The van der Waals surface area contributed by atoms with Crippen molar-refractivity contribution in [3.63, 3.8) is 0 Å². The average Bonchev–Trinajstić information content (AvgIpc) is 2.63. The van der Waals surface area contributed by atoms with Crippen LogP contribution in [-0.4, -0.2) is 27.1 Å². The van der Waals surface area contributed by atoms with Crippen molar-refractivity contribution in [3.05, 3.63) is 64.7 Å². The number of anilines is 1. The molecule has 2 aromatic carbocycles. The molecule has 2 aromatic rings. The minimum absolute atomic E-state index is 0.0356. The number of benzene rings is 2. The van der Waals surface area contributed by atoms with Crippen LogP contribution in [0.1, 0.15) is 62.4 Å². The van der Waals surface area contributed by atoms with Crippen LogP contribution in [0, 0.1) is 13.8 Å². The third-order valence-electron chi connectivity index (χ3n) is 5.25. The number of rotatable bonds is 7. The normalized spacial score (nSPS) is 13.0. The van der Waals surface area contributed by atoms with Crippen molar-refractivity contribution < 1.29 is 13.2 Å². The van der Waals surface area contributed by atoms with E-state index in [0.717, 1.165) is 33.7 Å². The van der Waals surface area contributed by atoms with Crippen LogP contribution in [0.2, 0.25) is 0 Å². The highest BCUT2D eigenvalue weighted by Gasteiger charge is 2.23. The van der Waals surface area contributed by atoms with Gasteiger partial charge in [0.05, 0.1) is 18.0 Å². The summed E-state index contributed by atoms with van der Waals surface area (Å²) in [4.78, 5) is 12.8. The summed E-state index contributed by atoms with van der Waals surface area (Å²) in [5.41, 5.74) is 4.88. The van der Waals surface area contributed by atoms with Crippen molar-refractivity contribution in [2.45, 2.75) is 59.4 Å². The molecule has 2 rings (SSSR count). The first-order valence-electron chi connectivity index (χ1n) is 10.3. The number of carbonyl (C=O) groups is 1. The minimum atomic E-state index is -3.61. The first kappa shape index (κ1) is 23.9. The lowest BCUT2D eigenvalue weighted by Gasteiger charge is -2.26. The number of aryl methyl sites for hydroxylation is 2. The summed E-state index contributed by atoms with van der Waals surface area (Å²) in [5.74, 6) is -0.327. The van der Waals surface area contributed by atoms with E-state index < -0.39 is 10.0 Å². The molecule has 1 amide bonds. The number of amides is 1. The van der Waals surface area contributed by atoms with E-state index in [0.29, 0.717) is 5.69 Å². The number of hydrogen-bond donors (Lipinski definition) is 1. The van der Waals surface area contributed by atoms with Gasteiger partial charge in [-0.3, -0.25) is 9.10 Å². The van der Waals surface area contributed by atoms with E-state index in [1.54, 1.807) is 12.1 Å². The molecule has 0 spiro atoms. The fraction of sp³-hybridized carbons (Fsp3) is 0.458. The molecule has 30 heavy (non-hydrogen) atoms. The van der Waals surface area contributed by atoms with Gasteiger partial charge in [-0.25, -0.2) is 8.42 Å². The van der Waals surface area contributed by atoms with Gasteiger partial charge in [0, 0.05) is 0 Å². The molecule has 0 aliphatic heterocycles. The van der Waals surface area contributed by atoms with E-state index in [1.807, 2.05) is 45.0 Å². The van der Waals surface area contributed by atoms with Crippen molar-refractivity contribution in [1.82, 2.24) is 5.32 Å². The molecule has 0 aromatic heterocycles. The summed E-state index contributed by atoms with van der Waals surface area (Å²) in [5, 5.41) is 3.01. The largest absolute Gasteiger partial charge is 0.348 e. The van der Waals surface area contributed by atoms with Crippen LogP contribution in [0.25, 0.3) is 0 Å². The Bertz CT molecular complexity index is 990. The van der Waals surface area contributed by atoms with E-state index >= 15 is 0 Å². The van der Waals surface area contributed by atoms with Crippen molar-refractivity contribution in [2.24, 2.45) is 0 Å². The molecule has 0 fully saturated rings. The first-order valence-corrected chi connectivity index (χ1v) is 12.1. The first-order chi connectivity index (χ1) is 13.8. The number of hydrogen-bond acceptors (Lipinski definition) is 3. The number of nitrogens with one attached hydrogen (secondary N) is 1. The Labute approximate surface area is 181 Å². The van der Waals surface area contributed by atoms with Crippen molar-refractivity contribution >= 4 is 21.6 Å². The molecule has 0 radical (unpaired) electrons. The molecule has 5 nitrogen and oxygen atoms in total. The van der Waals surface area contributed by atoms with Gasteiger partial charge in [-0.05, 0) is 54.5 Å². The standard InChI is InChI=1S/C24H34N2O3S/c1-8-22(21-14-9-17(2)15-18(21)3)25-23(27)16-26(30(7,28)29)20-12-10-19(11-13-20)24(4,5)6/h9-15,22H,8,16H2,1-7H3,(H,25,27). The van der Waals surface area contributed by atoms with Crippen LogP contribution in [0.3, 0.4) is 0 Å². The smallest absolute Gasteiger partial charge is 0.241 e. The van der Waals surface area contributed by atoms with Gasteiger partial charge in [0.2, 0.25) is 15.9 Å². The van der Waals surface area contributed by atoms with E-state index in [2.05, 4.69) is 32.2 Å². The van der Waals surface area contributed by atoms with Gasteiger partial charge in [0.15, 0.2) is 0 Å². The molecule has 0 heterocycles. The van der Waals surface area contributed by atoms with Crippen molar-refractivity contribution in [1.29, 1.82) is 0 Å². The average molecular weight is 431 g/mol. The van der Waals surface area contributed by atoms with Gasteiger partial charge < -0.3 is 5.32 Å². The lowest BCUT2D eigenvalue weighted by molar-refractivity contribution is -0.120. The zero-order valence-electron chi connectivity index (χ0n) is 19.1. The number of nitrogens with zero attached hydrogens (tertiary/aromatic N) is 1. The Hall–Kier alpha value is -2.34. The molecule has 0 aliphatic carbocycles. The molecule has 0 saturated carbocycles. The van der Waals surface area contributed by atoms with Gasteiger partial charge in [-0.15, -0.1) is 0 Å². The van der Waals surface area contributed by atoms with Gasteiger partial charge in [0.1, 0.15) is 6.54 Å². The second kappa shape index (κ2) is 9.21. The molecular formula is C24H34N2O3S. The Balaban J connectivity index is 2.23. The fourth-order valence-corrected chi connectivity index (χ4v) is 4.37. The van der Waals surface area contributed by atoms with Crippen LogP contribution >= 0.6 is 0 Å². The van der Waals surface area contributed by atoms with E-state index in [1.165, 1.54) is 5.56 Å². The molecule has 1 N–H and O–H groups in total. The van der Waals surface area contributed by atoms with Crippen LogP contribution in [-0.2, 0) is 20.2 Å². The minimum Gasteiger partial charge on any atom is -0.348 e. The Morgan fingerprint density at radius 3 is 2.13 bits per heavy atom. The summed E-state index contributed by atoms with van der Waals surface area (Å²) in [7, 11) is -3.61. The maximum Gasteiger partial charge on any atom is 0.241 e. The van der Waals surface area contributed by atoms with E-state index in [4.69, 9.17) is 0 Å². The summed E-state index contributed by atoms with van der Waals surface area (Å²) in [6.07, 6.45) is 1.84. The highest BCUT2D eigenvalue weighted by atomic mass is 32.2. The molecule has 1 unspecified atom stereocenters. The third kappa shape index (κ3) is 6.08. The Morgan fingerprint density at radius 1 is 1.07 bits per heavy atom. The molecule has 164 valence electrons. The second-order valence-corrected chi connectivity index (χ2v) is 10.9. The van der Waals surface area contributed by atoms with Gasteiger partial charge in [-0.1, -0.05) is 63.6 Å². The van der Waals surface area contributed by atoms with Gasteiger partial charge >= 0.3 is 0 Å². The third-order valence-corrected chi connectivity index (χ3v) is 6.39. The predicted molar refractivity (Wildman–Crippen MR) is 124 cm³/mol. The molecule has 6 heteroatoms. The second-order valence-electron chi connectivity index (χ2n) is 8.95. The summed E-state index contributed by atoms with van der Waals surface area (Å²) >= 11 is 0. The molecular weight excluding hydrogens is 396 g/mol. The van der Waals surface area contributed by atoms with E-state index in [-0.39, 0.29) is 23.9 Å². The summed E-state index contributed by atoms with van der Waals surface area (Å²) in [6, 6.07) is 13.3. The van der Waals surface area contributed by atoms with Crippen LogP contribution < -0.4 is 9.62 Å². The summed E-state index contributed by atoms with van der Waals surface area (Å²) < 4.78 is 26.0. The Morgan fingerprint density at radius 2 is 1.67 bits per heavy atom. The molecule has 0 bridgehead atoms. The van der Waals surface area contributed by atoms with Crippen molar-refractivity contribution in [3.8, 4) is 0 Å². The molecule has 0 aliphatic rings.